The van der Waals surface area contributed by atoms with E-state index >= 15 is 0 Å². The Morgan fingerprint density at radius 1 is 1.38 bits per heavy atom. The smallest absolute Gasteiger partial charge is 0.246 e. The molecule has 1 aromatic rings. The van der Waals surface area contributed by atoms with Crippen molar-refractivity contribution in [3.05, 3.63) is 30.3 Å². The molecule has 0 bridgehead atoms. The van der Waals surface area contributed by atoms with Gasteiger partial charge in [0.25, 0.3) is 0 Å². The average molecular weight is 446 g/mol. The summed E-state index contributed by atoms with van der Waals surface area (Å²) >= 11 is 0. The lowest BCUT2D eigenvalue weighted by molar-refractivity contribution is -0.114. The minimum atomic E-state index is -0.121. The number of amides is 1. The van der Waals surface area contributed by atoms with Gasteiger partial charge in [-0.1, -0.05) is 18.2 Å². The molecule has 0 aromatic heterocycles. The van der Waals surface area contributed by atoms with Crippen LogP contribution in [0.5, 0.6) is 0 Å². The van der Waals surface area contributed by atoms with E-state index in [9.17, 15) is 4.79 Å². The number of carbonyl (C=O) groups excluding carboxylic acids is 1. The number of hydrogen-bond acceptors (Lipinski definition) is 3. The molecule has 0 spiro atoms. The number of anilines is 1. The molecule has 24 heavy (non-hydrogen) atoms. The third-order valence-corrected chi connectivity index (χ3v) is 3.68. The lowest BCUT2D eigenvalue weighted by atomic mass is 10.1. The molecule has 1 heterocycles. The largest absolute Gasteiger partial charge is 0.381 e. The number of benzene rings is 1. The fourth-order valence-electron chi connectivity index (χ4n) is 2.54. The van der Waals surface area contributed by atoms with Crippen LogP contribution < -0.4 is 10.6 Å². The van der Waals surface area contributed by atoms with Gasteiger partial charge in [0, 0.05) is 38.3 Å². The fourth-order valence-corrected chi connectivity index (χ4v) is 2.54. The summed E-state index contributed by atoms with van der Waals surface area (Å²) in [5, 5.41) is 6.07. The molecular formula is C17H27IN4O2. The summed E-state index contributed by atoms with van der Waals surface area (Å²) in [6, 6.07) is 9.41. The van der Waals surface area contributed by atoms with E-state index in [0.717, 1.165) is 44.4 Å². The highest BCUT2D eigenvalue weighted by Gasteiger charge is 2.19. The zero-order valence-electron chi connectivity index (χ0n) is 14.3. The van der Waals surface area contributed by atoms with Crippen LogP contribution in [0.3, 0.4) is 0 Å². The molecule has 1 aromatic carbocycles. The number of nitrogens with one attached hydrogen (secondary N) is 2. The maximum atomic E-state index is 12.0. The number of rotatable bonds is 6. The molecule has 1 fully saturated rings. The van der Waals surface area contributed by atoms with E-state index in [1.807, 2.05) is 44.3 Å². The first kappa shape index (κ1) is 20.7. The molecule has 1 aliphatic heterocycles. The number of aliphatic imine (C=N–C) groups is 1. The molecule has 1 amide bonds. The third kappa shape index (κ3) is 7.04. The summed E-state index contributed by atoms with van der Waals surface area (Å²) < 4.78 is 5.41. The maximum Gasteiger partial charge on any atom is 0.246 e. The van der Waals surface area contributed by atoms with Crippen molar-refractivity contribution in [1.29, 1.82) is 0 Å². The SMILES string of the molecule is CCNC(=NCC(=O)Nc1ccccc1)N(C)CC1CCOC1.I. The topological polar surface area (TPSA) is 66.0 Å². The molecule has 0 saturated carbocycles. The summed E-state index contributed by atoms with van der Waals surface area (Å²) in [6.45, 7) is 5.41. The predicted molar refractivity (Wildman–Crippen MR) is 108 cm³/mol. The highest BCUT2D eigenvalue weighted by molar-refractivity contribution is 14.0. The van der Waals surface area contributed by atoms with Gasteiger partial charge in [-0.2, -0.15) is 0 Å². The molecule has 0 aliphatic carbocycles. The van der Waals surface area contributed by atoms with Gasteiger partial charge in [-0.15, -0.1) is 24.0 Å². The highest BCUT2D eigenvalue weighted by atomic mass is 127. The summed E-state index contributed by atoms with van der Waals surface area (Å²) in [5.41, 5.74) is 0.786. The third-order valence-electron chi connectivity index (χ3n) is 3.68. The van der Waals surface area contributed by atoms with E-state index in [-0.39, 0.29) is 36.4 Å². The van der Waals surface area contributed by atoms with E-state index in [2.05, 4.69) is 20.5 Å². The number of nitrogens with zero attached hydrogens (tertiary/aromatic N) is 2. The number of para-hydroxylation sites is 1. The molecule has 134 valence electrons. The predicted octanol–water partition coefficient (Wildman–Crippen LogP) is 2.18. The van der Waals surface area contributed by atoms with Crippen molar-refractivity contribution in [3.63, 3.8) is 0 Å². The van der Waals surface area contributed by atoms with Gasteiger partial charge >= 0.3 is 0 Å². The lowest BCUT2D eigenvalue weighted by Crippen LogP contribution is -2.42. The molecule has 1 atom stereocenters. The summed E-state index contributed by atoms with van der Waals surface area (Å²) in [5.74, 6) is 1.16. The van der Waals surface area contributed by atoms with E-state index in [1.54, 1.807) is 0 Å². The molecule has 7 heteroatoms. The number of carbonyl (C=O) groups is 1. The second kappa shape index (κ2) is 11.2. The van der Waals surface area contributed by atoms with Crippen LogP contribution in [0, 0.1) is 5.92 Å². The molecule has 6 nitrogen and oxygen atoms in total. The van der Waals surface area contributed by atoms with Gasteiger partial charge in [0.2, 0.25) is 5.91 Å². The Kier molecular flexibility index (Phi) is 9.70. The maximum absolute atomic E-state index is 12.0. The minimum Gasteiger partial charge on any atom is -0.381 e. The van der Waals surface area contributed by atoms with Crippen LogP contribution in [0.15, 0.2) is 35.3 Å². The number of guanidine groups is 1. The quantitative estimate of drug-likeness (QED) is 0.400. The van der Waals surface area contributed by atoms with E-state index < -0.39 is 0 Å². The van der Waals surface area contributed by atoms with Crippen LogP contribution in [0.1, 0.15) is 13.3 Å². The minimum absolute atomic E-state index is 0. The summed E-state index contributed by atoms with van der Waals surface area (Å²) in [4.78, 5) is 18.5. The number of halogens is 1. The first-order valence-corrected chi connectivity index (χ1v) is 8.11. The van der Waals surface area contributed by atoms with Gasteiger partial charge < -0.3 is 20.3 Å². The van der Waals surface area contributed by atoms with Crippen molar-refractivity contribution in [2.75, 3.05) is 45.2 Å². The van der Waals surface area contributed by atoms with Crippen LogP contribution in [0.4, 0.5) is 5.69 Å². The molecule has 2 rings (SSSR count). The highest BCUT2D eigenvalue weighted by Crippen LogP contribution is 2.13. The van der Waals surface area contributed by atoms with Crippen LogP contribution >= 0.6 is 24.0 Å². The van der Waals surface area contributed by atoms with E-state index in [1.165, 1.54) is 0 Å². The number of ether oxygens (including phenoxy) is 1. The zero-order valence-corrected chi connectivity index (χ0v) is 16.7. The Balaban J connectivity index is 0.00000288. The van der Waals surface area contributed by atoms with Crippen molar-refractivity contribution in [2.45, 2.75) is 13.3 Å². The molecule has 0 radical (unpaired) electrons. The Labute approximate surface area is 161 Å². The Bertz CT molecular complexity index is 519. The first-order chi connectivity index (χ1) is 11.2. The molecular weight excluding hydrogens is 419 g/mol. The fraction of sp³-hybridized carbons (Fsp3) is 0.529. The van der Waals surface area contributed by atoms with Gasteiger partial charge in [-0.3, -0.25) is 4.79 Å². The second-order valence-corrected chi connectivity index (χ2v) is 5.69. The molecule has 1 aliphatic rings. The van der Waals surface area contributed by atoms with Gasteiger partial charge in [-0.25, -0.2) is 4.99 Å². The van der Waals surface area contributed by atoms with Crippen LogP contribution in [0.25, 0.3) is 0 Å². The van der Waals surface area contributed by atoms with Crippen molar-refractivity contribution < 1.29 is 9.53 Å². The lowest BCUT2D eigenvalue weighted by Gasteiger charge is -2.24. The van der Waals surface area contributed by atoms with Gasteiger partial charge in [0.15, 0.2) is 5.96 Å². The summed E-state index contributed by atoms with van der Waals surface area (Å²) in [7, 11) is 1.99. The standard InChI is InChI=1S/C17H26N4O2.HI/c1-3-18-17(21(2)12-14-9-10-23-13-14)19-11-16(22)20-15-7-5-4-6-8-15;/h4-8,14H,3,9-13H2,1-2H3,(H,18,19)(H,20,22);1H. The van der Waals surface area contributed by atoms with Crippen LogP contribution in [-0.4, -0.2) is 56.7 Å². The van der Waals surface area contributed by atoms with Crippen LogP contribution in [-0.2, 0) is 9.53 Å². The monoisotopic (exact) mass is 446 g/mol. The summed E-state index contributed by atoms with van der Waals surface area (Å²) in [6.07, 6.45) is 1.08. The van der Waals surface area contributed by atoms with Crippen LogP contribution in [0.2, 0.25) is 0 Å². The normalized spacial score (nSPS) is 17.1. The Hall–Kier alpha value is -1.35. The average Bonchev–Trinajstić information content (AvgIpc) is 3.05. The first-order valence-electron chi connectivity index (χ1n) is 8.11. The zero-order chi connectivity index (χ0) is 16.5. The molecule has 2 N–H and O–H groups in total. The van der Waals surface area contributed by atoms with Gasteiger partial charge in [0.1, 0.15) is 6.54 Å². The van der Waals surface area contributed by atoms with E-state index in [0.29, 0.717) is 5.92 Å². The van der Waals surface area contributed by atoms with Crippen molar-refractivity contribution in [2.24, 2.45) is 10.9 Å². The van der Waals surface area contributed by atoms with Crippen molar-refractivity contribution in [3.8, 4) is 0 Å². The van der Waals surface area contributed by atoms with Gasteiger partial charge in [0.05, 0.1) is 6.61 Å². The Morgan fingerprint density at radius 2 is 2.12 bits per heavy atom. The van der Waals surface area contributed by atoms with Crippen molar-refractivity contribution in [1.82, 2.24) is 10.2 Å². The van der Waals surface area contributed by atoms with E-state index in [4.69, 9.17) is 4.74 Å². The Morgan fingerprint density at radius 3 is 2.75 bits per heavy atom. The molecule has 1 unspecified atom stereocenters. The molecule has 1 saturated heterocycles. The number of hydrogen-bond donors (Lipinski definition) is 2. The van der Waals surface area contributed by atoms with Crippen molar-refractivity contribution >= 4 is 41.5 Å². The second-order valence-electron chi connectivity index (χ2n) is 5.69. The van der Waals surface area contributed by atoms with Gasteiger partial charge in [-0.05, 0) is 25.5 Å².